The van der Waals surface area contributed by atoms with Gasteiger partial charge in [-0.2, -0.15) is 0 Å². The molecule has 23 heavy (non-hydrogen) atoms. The molecule has 1 amide bonds. The van der Waals surface area contributed by atoms with Crippen LogP contribution in [0.1, 0.15) is 44.3 Å². The second-order valence-electron chi connectivity index (χ2n) is 6.68. The summed E-state index contributed by atoms with van der Waals surface area (Å²) in [5, 5.41) is 6.88. The number of carbonyl (C=O) groups excluding carboxylic acids is 1. The average Bonchev–Trinajstić information content (AvgIpc) is 2.96. The fourth-order valence-corrected chi connectivity index (χ4v) is 3.37. The van der Waals surface area contributed by atoms with Gasteiger partial charge >= 0.3 is 0 Å². The van der Waals surface area contributed by atoms with Crippen molar-refractivity contribution in [2.75, 3.05) is 13.2 Å². The average molecular weight is 320 g/mol. The van der Waals surface area contributed by atoms with Gasteiger partial charge in [-0.3, -0.25) is 4.79 Å². The Morgan fingerprint density at radius 2 is 2.09 bits per heavy atom. The van der Waals surface area contributed by atoms with E-state index in [2.05, 4.69) is 20.2 Å². The molecule has 1 saturated heterocycles. The van der Waals surface area contributed by atoms with E-state index in [1.54, 1.807) is 6.20 Å². The molecule has 2 atom stereocenters. The van der Waals surface area contributed by atoms with Crippen molar-refractivity contribution in [3.63, 3.8) is 0 Å². The third-order valence-electron chi connectivity index (χ3n) is 5.02. The molecular weight excluding hydrogens is 292 g/mol. The number of nitrogens with one attached hydrogen (secondary N) is 2. The summed E-state index contributed by atoms with van der Waals surface area (Å²) < 4.78 is 7.48. The Balaban J connectivity index is 1.33. The Hall–Kier alpha value is -1.40. The van der Waals surface area contributed by atoms with Gasteiger partial charge in [-0.1, -0.05) is 0 Å². The van der Waals surface area contributed by atoms with Crippen molar-refractivity contribution in [1.29, 1.82) is 0 Å². The predicted octanol–water partition coefficient (Wildman–Crippen LogP) is 1.39. The highest BCUT2D eigenvalue weighted by Crippen LogP contribution is 2.22. The number of hydrogen-bond donors (Lipinski definition) is 2. The van der Waals surface area contributed by atoms with E-state index in [-0.39, 0.29) is 5.91 Å². The van der Waals surface area contributed by atoms with Crippen molar-refractivity contribution < 1.29 is 9.53 Å². The first-order valence-corrected chi connectivity index (χ1v) is 8.83. The summed E-state index contributed by atoms with van der Waals surface area (Å²) in [5.41, 5.74) is 0. The van der Waals surface area contributed by atoms with Crippen molar-refractivity contribution in [3.05, 3.63) is 18.2 Å². The monoisotopic (exact) mass is 320 g/mol. The van der Waals surface area contributed by atoms with Gasteiger partial charge in [-0.25, -0.2) is 4.98 Å². The van der Waals surface area contributed by atoms with E-state index in [9.17, 15) is 4.79 Å². The van der Waals surface area contributed by atoms with E-state index < -0.39 is 0 Å². The number of aryl methyl sites for hydroxylation is 2. The van der Waals surface area contributed by atoms with Crippen LogP contribution in [0.4, 0.5) is 0 Å². The van der Waals surface area contributed by atoms with Crippen LogP contribution in [0, 0.1) is 6.92 Å². The molecule has 0 bridgehead atoms. The predicted molar refractivity (Wildman–Crippen MR) is 88.1 cm³/mol. The fourth-order valence-electron chi connectivity index (χ4n) is 3.37. The molecule has 2 N–H and O–H groups in total. The first-order chi connectivity index (χ1) is 11.2. The quantitative estimate of drug-likeness (QED) is 0.796. The number of carbonyl (C=O) groups is 1. The molecule has 1 aliphatic heterocycles. The molecule has 2 aliphatic rings. The molecule has 0 spiro atoms. The lowest BCUT2D eigenvalue weighted by Gasteiger charge is -2.41. The van der Waals surface area contributed by atoms with Gasteiger partial charge in [0.2, 0.25) is 5.91 Å². The van der Waals surface area contributed by atoms with Crippen LogP contribution in [-0.2, 0) is 16.1 Å². The van der Waals surface area contributed by atoms with Gasteiger partial charge in [0.1, 0.15) is 5.82 Å². The molecule has 3 rings (SSSR count). The van der Waals surface area contributed by atoms with Crippen LogP contribution in [0.2, 0.25) is 0 Å². The Morgan fingerprint density at radius 3 is 2.74 bits per heavy atom. The molecule has 1 aromatic heterocycles. The highest BCUT2D eigenvalue weighted by molar-refractivity contribution is 5.76. The van der Waals surface area contributed by atoms with Gasteiger partial charge in [0.15, 0.2) is 0 Å². The number of amides is 1. The van der Waals surface area contributed by atoms with Crippen molar-refractivity contribution in [1.82, 2.24) is 20.2 Å². The number of hydrogen-bond acceptors (Lipinski definition) is 4. The molecule has 2 heterocycles. The summed E-state index contributed by atoms with van der Waals surface area (Å²) in [6.07, 6.45) is 9.63. The van der Waals surface area contributed by atoms with E-state index in [4.69, 9.17) is 4.74 Å². The van der Waals surface area contributed by atoms with Crippen molar-refractivity contribution >= 4 is 5.91 Å². The van der Waals surface area contributed by atoms with Crippen LogP contribution in [0.25, 0.3) is 0 Å². The van der Waals surface area contributed by atoms with Gasteiger partial charge in [0.25, 0.3) is 0 Å². The summed E-state index contributed by atoms with van der Waals surface area (Å²) in [4.78, 5) is 16.3. The first kappa shape index (κ1) is 16.5. The number of aromatic nitrogens is 2. The third-order valence-corrected chi connectivity index (χ3v) is 5.02. The van der Waals surface area contributed by atoms with Crippen molar-refractivity contribution in [3.8, 4) is 0 Å². The molecule has 1 aliphatic carbocycles. The molecule has 0 radical (unpaired) electrons. The molecule has 128 valence electrons. The number of rotatable bonds is 7. The number of nitrogens with zero attached hydrogens (tertiary/aromatic N) is 2. The summed E-state index contributed by atoms with van der Waals surface area (Å²) in [6.45, 7) is 4.55. The van der Waals surface area contributed by atoms with Crippen LogP contribution in [0.3, 0.4) is 0 Å². The van der Waals surface area contributed by atoms with Gasteiger partial charge in [-0.15, -0.1) is 0 Å². The maximum absolute atomic E-state index is 12.1. The zero-order valence-electron chi connectivity index (χ0n) is 14.0. The highest BCUT2D eigenvalue weighted by Gasteiger charge is 2.33. The molecule has 1 saturated carbocycles. The molecule has 2 fully saturated rings. The lowest BCUT2D eigenvalue weighted by atomic mass is 9.85. The maximum Gasteiger partial charge on any atom is 0.220 e. The highest BCUT2D eigenvalue weighted by atomic mass is 16.5. The molecule has 6 heteroatoms. The third kappa shape index (κ3) is 4.54. The zero-order chi connectivity index (χ0) is 16.1. The minimum Gasteiger partial charge on any atom is -0.381 e. The van der Waals surface area contributed by atoms with Crippen molar-refractivity contribution in [2.24, 2.45) is 0 Å². The SMILES string of the molecule is Cc1nccn1CCCC(=O)N[C@H]1CC[C@H]1NC1CCOCC1. The largest absolute Gasteiger partial charge is 0.381 e. The molecule has 0 aromatic carbocycles. The van der Waals surface area contributed by atoms with Gasteiger partial charge in [0.05, 0.1) is 0 Å². The van der Waals surface area contributed by atoms with Crippen LogP contribution >= 0.6 is 0 Å². The van der Waals surface area contributed by atoms with E-state index in [0.29, 0.717) is 24.5 Å². The molecule has 0 unspecified atom stereocenters. The summed E-state index contributed by atoms with van der Waals surface area (Å²) in [7, 11) is 0. The minimum atomic E-state index is 0.172. The second-order valence-corrected chi connectivity index (χ2v) is 6.68. The summed E-state index contributed by atoms with van der Waals surface area (Å²) in [6, 6.07) is 1.30. The van der Waals surface area contributed by atoms with E-state index in [1.807, 2.05) is 13.1 Å². The van der Waals surface area contributed by atoms with Gasteiger partial charge < -0.3 is 19.9 Å². The molecule has 6 nitrogen and oxygen atoms in total. The van der Waals surface area contributed by atoms with E-state index >= 15 is 0 Å². The van der Waals surface area contributed by atoms with Crippen LogP contribution in [0.5, 0.6) is 0 Å². The smallest absolute Gasteiger partial charge is 0.220 e. The zero-order valence-corrected chi connectivity index (χ0v) is 14.0. The van der Waals surface area contributed by atoms with Crippen molar-refractivity contribution in [2.45, 2.75) is 70.1 Å². The lowest BCUT2D eigenvalue weighted by Crippen LogP contribution is -2.59. The standard InChI is InChI=1S/C17H28N4O2/c1-13-18-8-10-21(13)9-2-3-17(22)20-16-5-4-15(16)19-14-6-11-23-12-7-14/h8,10,14-16,19H,2-7,9,11-12H2,1H3,(H,20,22)/t15-,16+/m1/s1. The summed E-state index contributed by atoms with van der Waals surface area (Å²) >= 11 is 0. The minimum absolute atomic E-state index is 0.172. The normalized spacial score (nSPS) is 25.1. The van der Waals surface area contributed by atoms with Gasteiger partial charge in [-0.05, 0) is 39.0 Å². The Morgan fingerprint density at radius 1 is 1.30 bits per heavy atom. The second kappa shape index (κ2) is 7.93. The lowest BCUT2D eigenvalue weighted by molar-refractivity contribution is -0.122. The van der Waals surface area contributed by atoms with Crippen LogP contribution < -0.4 is 10.6 Å². The molecule has 1 aromatic rings. The van der Waals surface area contributed by atoms with E-state index in [0.717, 1.165) is 57.7 Å². The number of ether oxygens (including phenoxy) is 1. The Bertz CT molecular complexity index is 510. The van der Waals surface area contributed by atoms with E-state index in [1.165, 1.54) is 0 Å². The maximum atomic E-state index is 12.1. The topological polar surface area (TPSA) is 68.2 Å². The van der Waals surface area contributed by atoms with Gasteiger partial charge in [0, 0.05) is 56.7 Å². The van der Waals surface area contributed by atoms with Crippen LogP contribution in [-0.4, -0.2) is 46.8 Å². The van der Waals surface area contributed by atoms with Crippen LogP contribution in [0.15, 0.2) is 12.4 Å². The summed E-state index contributed by atoms with van der Waals surface area (Å²) in [5.74, 6) is 1.18. The number of imidazole rings is 1. The molecular formula is C17H28N4O2. The Kier molecular flexibility index (Phi) is 5.67. The fraction of sp³-hybridized carbons (Fsp3) is 0.765. The first-order valence-electron chi connectivity index (χ1n) is 8.83. The Labute approximate surface area is 138 Å².